The van der Waals surface area contributed by atoms with Crippen molar-refractivity contribution >= 4 is 21.2 Å². The maximum Gasteiger partial charge on any atom is 0.272 e. The molecule has 0 amide bonds. The van der Waals surface area contributed by atoms with Gasteiger partial charge in [-0.2, -0.15) is 0 Å². The van der Waals surface area contributed by atoms with Crippen molar-refractivity contribution in [1.29, 1.82) is 0 Å². The zero-order valence-electron chi connectivity index (χ0n) is 9.37. The number of sulfone groups is 1. The first-order valence-corrected chi connectivity index (χ1v) is 7.10. The fourth-order valence-electron chi connectivity index (χ4n) is 1.82. The summed E-state index contributed by atoms with van der Waals surface area (Å²) < 4.78 is 36.2. The fraction of sp³-hybridized carbons (Fsp3) is 0.400. The second-order valence-corrected chi connectivity index (χ2v) is 6.34. The molecule has 6 nitrogen and oxygen atoms in total. The van der Waals surface area contributed by atoms with Crippen molar-refractivity contribution < 1.29 is 17.7 Å². The van der Waals surface area contributed by atoms with E-state index in [0.29, 0.717) is 0 Å². The summed E-state index contributed by atoms with van der Waals surface area (Å²) in [5, 5.41) is 10.5. The van der Waals surface area contributed by atoms with Crippen LogP contribution in [-0.4, -0.2) is 37.9 Å². The number of halogens is 1. The highest BCUT2D eigenvalue weighted by molar-refractivity contribution is 7.91. The predicted molar refractivity (Wildman–Crippen MR) is 63.9 cm³/mol. The van der Waals surface area contributed by atoms with Gasteiger partial charge in [-0.3, -0.25) is 10.1 Å². The topological polar surface area (TPSA) is 80.5 Å². The van der Waals surface area contributed by atoms with Crippen LogP contribution >= 0.6 is 0 Å². The van der Waals surface area contributed by atoms with Crippen LogP contribution in [0.1, 0.15) is 0 Å². The van der Waals surface area contributed by atoms with E-state index in [1.807, 2.05) is 0 Å². The Balaban J connectivity index is 2.22. The minimum atomic E-state index is -3.03. The first-order chi connectivity index (χ1) is 8.39. The third-order valence-corrected chi connectivity index (χ3v) is 4.44. The first-order valence-electron chi connectivity index (χ1n) is 5.28. The van der Waals surface area contributed by atoms with Gasteiger partial charge in [-0.05, 0) is 6.07 Å². The highest BCUT2D eigenvalue weighted by Crippen LogP contribution is 2.25. The van der Waals surface area contributed by atoms with Crippen molar-refractivity contribution in [3.05, 3.63) is 34.1 Å². The summed E-state index contributed by atoms with van der Waals surface area (Å²) in [6, 6.07) is 3.37. The highest BCUT2D eigenvalue weighted by atomic mass is 32.2. The summed E-state index contributed by atoms with van der Waals surface area (Å²) >= 11 is 0. The number of anilines is 1. The Morgan fingerprint density at radius 3 is 2.39 bits per heavy atom. The molecule has 0 unspecified atom stereocenters. The van der Waals surface area contributed by atoms with Crippen LogP contribution in [-0.2, 0) is 9.84 Å². The molecule has 8 heteroatoms. The Bertz CT molecular complexity index is 574. The lowest BCUT2D eigenvalue weighted by Crippen LogP contribution is -2.40. The number of benzene rings is 1. The fourth-order valence-corrected chi connectivity index (χ4v) is 3.02. The van der Waals surface area contributed by atoms with Crippen molar-refractivity contribution in [2.24, 2.45) is 0 Å². The third-order valence-electron chi connectivity index (χ3n) is 2.83. The van der Waals surface area contributed by atoms with E-state index in [1.54, 1.807) is 4.90 Å². The van der Waals surface area contributed by atoms with E-state index >= 15 is 0 Å². The quantitative estimate of drug-likeness (QED) is 0.593. The Morgan fingerprint density at radius 2 is 1.89 bits per heavy atom. The van der Waals surface area contributed by atoms with Gasteiger partial charge in [0.15, 0.2) is 15.7 Å². The molecular formula is C10H11FN2O4S. The lowest BCUT2D eigenvalue weighted by molar-refractivity contribution is -0.385. The van der Waals surface area contributed by atoms with Crippen LogP contribution in [0.3, 0.4) is 0 Å². The molecular weight excluding hydrogens is 263 g/mol. The largest absolute Gasteiger partial charge is 0.367 e. The molecule has 2 rings (SSSR count). The van der Waals surface area contributed by atoms with Crippen LogP contribution in [0.25, 0.3) is 0 Å². The van der Waals surface area contributed by atoms with Gasteiger partial charge in [-0.1, -0.05) is 0 Å². The van der Waals surface area contributed by atoms with Crippen LogP contribution in [0.5, 0.6) is 0 Å². The smallest absolute Gasteiger partial charge is 0.272 e. The number of nitro benzene ring substituents is 1. The van der Waals surface area contributed by atoms with Gasteiger partial charge < -0.3 is 4.90 Å². The van der Waals surface area contributed by atoms with Crippen molar-refractivity contribution in [3.63, 3.8) is 0 Å². The summed E-state index contributed by atoms with van der Waals surface area (Å²) in [7, 11) is -3.03. The average Bonchev–Trinajstić information content (AvgIpc) is 2.29. The summed E-state index contributed by atoms with van der Waals surface area (Å²) in [6.07, 6.45) is 0. The number of hydrogen-bond donors (Lipinski definition) is 0. The third kappa shape index (κ3) is 2.58. The Hall–Kier alpha value is -1.70. The predicted octanol–water partition coefficient (Wildman–Crippen LogP) is 0.969. The molecule has 0 radical (unpaired) electrons. The standard InChI is InChI=1S/C10H11FN2O4S/c11-9-7-8(13(14)15)1-2-10(9)12-3-5-18(16,17)6-4-12/h1-2,7H,3-6H2. The Kier molecular flexibility index (Phi) is 3.20. The molecule has 0 N–H and O–H groups in total. The molecule has 1 aromatic carbocycles. The molecule has 1 fully saturated rings. The van der Waals surface area contributed by atoms with E-state index in [1.165, 1.54) is 12.1 Å². The molecule has 1 saturated heterocycles. The van der Waals surface area contributed by atoms with Gasteiger partial charge in [0.1, 0.15) is 0 Å². The SMILES string of the molecule is O=[N+]([O-])c1ccc(N2CCS(=O)(=O)CC2)c(F)c1. The lowest BCUT2D eigenvalue weighted by Gasteiger charge is -2.28. The number of rotatable bonds is 2. The maximum atomic E-state index is 13.7. The van der Waals surface area contributed by atoms with Gasteiger partial charge in [-0.15, -0.1) is 0 Å². The van der Waals surface area contributed by atoms with Crippen LogP contribution < -0.4 is 4.90 Å². The molecule has 0 saturated carbocycles. The summed E-state index contributed by atoms with van der Waals surface area (Å²) in [4.78, 5) is 11.4. The number of nitrogens with zero attached hydrogens (tertiary/aromatic N) is 2. The number of hydrogen-bond acceptors (Lipinski definition) is 5. The van der Waals surface area contributed by atoms with E-state index in [-0.39, 0.29) is 36.0 Å². The molecule has 98 valence electrons. The molecule has 0 aromatic heterocycles. The minimum absolute atomic E-state index is 0.0244. The Labute approximate surface area is 103 Å². The van der Waals surface area contributed by atoms with Crippen LogP contribution in [0.2, 0.25) is 0 Å². The molecule has 0 aliphatic carbocycles. The van der Waals surface area contributed by atoms with Gasteiger partial charge in [0.25, 0.3) is 5.69 Å². The second-order valence-electron chi connectivity index (χ2n) is 4.03. The van der Waals surface area contributed by atoms with Gasteiger partial charge >= 0.3 is 0 Å². The molecule has 1 heterocycles. The van der Waals surface area contributed by atoms with Crippen LogP contribution in [0, 0.1) is 15.9 Å². The molecule has 0 atom stereocenters. The van der Waals surface area contributed by atoms with Crippen LogP contribution in [0.4, 0.5) is 15.8 Å². The van der Waals surface area contributed by atoms with Crippen molar-refractivity contribution in [1.82, 2.24) is 0 Å². The normalized spacial score (nSPS) is 18.6. The van der Waals surface area contributed by atoms with E-state index in [9.17, 15) is 22.9 Å². The zero-order valence-corrected chi connectivity index (χ0v) is 10.2. The van der Waals surface area contributed by atoms with Gasteiger partial charge in [-0.25, -0.2) is 12.8 Å². The van der Waals surface area contributed by atoms with E-state index in [4.69, 9.17) is 0 Å². The molecule has 0 bridgehead atoms. The molecule has 1 aliphatic heterocycles. The van der Waals surface area contributed by atoms with Crippen LogP contribution in [0.15, 0.2) is 18.2 Å². The maximum absolute atomic E-state index is 13.7. The van der Waals surface area contributed by atoms with Crippen molar-refractivity contribution in [3.8, 4) is 0 Å². The van der Waals surface area contributed by atoms with Gasteiger partial charge in [0, 0.05) is 19.2 Å². The summed E-state index contributed by atoms with van der Waals surface area (Å²) in [5.74, 6) is -0.754. The summed E-state index contributed by atoms with van der Waals surface area (Å²) in [6.45, 7) is 0.411. The van der Waals surface area contributed by atoms with E-state index in [2.05, 4.69) is 0 Å². The van der Waals surface area contributed by atoms with Crippen molar-refractivity contribution in [2.75, 3.05) is 29.5 Å². The molecule has 0 spiro atoms. The van der Waals surface area contributed by atoms with Crippen molar-refractivity contribution in [2.45, 2.75) is 0 Å². The molecule has 1 aromatic rings. The molecule has 18 heavy (non-hydrogen) atoms. The van der Waals surface area contributed by atoms with Gasteiger partial charge in [0.2, 0.25) is 0 Å². The second kappa shape index (κ2) is 4.52. The lowest BCUT2D eigenvalue weighted by atomic mass is 10.2. The van der Waals surface area contributed by atoms with Gasteiger partial charge in [0.05, 0.1) is 28.2 Å². The Morgan fingerprint density at radius 1 is 1.28 bits per heavy atom. The van der Waals surface area contributed by atoms with E-state index < -0.39 is 20.6 Å². The molecule has 1 aliphatic rings. The highest BCUT2D eigenvalue weighted by Gasteiger charge is 2.24. The zero-order chi connectivity index (χ0) is 13.3. The first kappa shape index (κ1) is 12.7. The minimum Gasteiger partial charge on any atom is -0.367 e. The summed E-state index contributed by atoms with van der Waals surface area (Å²) in [5.41, 5.74) is -0.114. The average molecular weight is 274 g/mol. The van der Waals surface area contributed by atoms with E-state index in [0.717, 1.165) is 6.07 Å². The number of non-ortho nitro benzene ring substituents is 1. The monoisotopic (exact) mass is 274 g/mol. The number of nitro groups is 1.